The first-order valence-electron chi connectivity index (χ1n) is 12.1. The normalized spacial score (nSPS) is 13.5. The second-order valence-corrected chi connectivity index (χ2v) is 8.56. The van der Waals surface area contributed by atoms with Crippen LogP contribution in [0.2, 0.25) is 0 Å². The van der Waals surface area contributed by atoms with E-state index in [1.165, 1.54) is 70.6 Å². The van der Waals surface area contributed by atoms with E-state index in [0.717, 1.165) is 51.4 Å². The lowest BCUT2D eigenvalue weighted by Crippen LogP contribution is -2.13. The number of hydrogen-bond acceptors (Lipinski definition) is 3. The minimum absolute atomic E-state index is 0.231. The Bertz CT molecular complexity index is 333. The topological polar surface area (TPSA) is 77.8 Å². The van der Waals surface area contributed by atoms with E-state index < -0.39 is 5.97 Å². The summed E-state index contributed by atoms with van der Waals surface area (Å²) in [5.41, 5.74) is 0. The van der Waals surface area contributed by atoms with Crippen molar-refractivity contribution in [2.45, 2.75) is 148 Å². The Morgan fingerprint density at radius 2 is 0.929 bits per heavy atom. The molecule has 4 heteroatoms. The van der Waals surface area contributed by atoms with E-state index in [2.05, 4.69) is 6.92 Å². The average Bonchev–Trinajstić information content (AvgIpc) is 2.66. The lowest BCUT2D eigenvalue weighted by atomic mass is 10.0. The first-order chi connectivity index (χ1) is 13.6. The summed E-state index contributed by atoms with van der Waals surface area (Å²) in [5, 5.41) is 28.5. The quantitative estimate of drug-likeness (QED) is 0.179. The van der Waals surface area contributed by atoms with Gasteiger partial charge in [0.15, 0.2) is 0 Å². The van der Waals surface area contributed by atoms with Crippen LogP contribution in [0.25, 0.3) is 0 Å². The molecular weight excluding hydrogens is 352 g/mol. The molecule has 0 aliphatic heterocycles. The molecule has 28 heavy (non-hydrogen) atoms. The molecule has 0 fully saturated rings. The minimum Gasteiger partial charge on any atom is -0.481 e. The van der Waals surface area contributed by atoms with Gasteiger partial charge in [0.25, 0.3) is 0 Å². The van der Waals surface area contributed by atoms with Gasteiger partial charge < -0.3 is 15.3 Å². The van der Waals surface area contributed by atoms with Gasteiger partial charge in [0.1, 0.15) is 0 Å². The van der Waals surface area contributed by atoms with Crippen LogP contribution in [0, 0.1) is 0 Å². The average molecular weight is 401 g/mol. The van der Waals surface area contributed by atoms with E-state index in [1.807, 2.05) is 0 Å². The molecule has 0 saturated carbocycles. The fourth-order valence-corrected chi connectivity index (χ4v) is 3.73. The van der Waals surface area contributed by atoms with Gasteiger partial charge in [-0.15, -0.1) is 0 Å². The number of aliphatic carboxylic acids is 1. The summed E-state index contributed by atoms with van der Waals surface area (Å²) in [6.07, 6.45) is 20.9. The van der Waals surface area contributed by atoms with Crippen molar-refractivity contribution in [2.75, 3.05) is 0 Å². The lowest BCUT2D eigenvalue weighted by molar-refractivity contribution is -0.137. The summed E-state index contributed by atoms with van der Waals surface area (Å²) < 4.78 is 0. The summed E-state index contributed by atoms with van der Waals surface area (Å²) in [5.74, 6) is -0.675. The molecule has 3 N–H and O–H groups in total. The molecule has 0 amide bonds. The molecule has 0 saturated heterocycles. The number of carboxylic acid groups (broad SMARTS) is 1. The predicted octanol–water partition coefficient (Wildman–Crippen LogP) is 6.61. The molecule has 0 rings (SSSR count). The van der Waals surface area contributed by atoms with Crippen molar-refractivity contribution in [1.82, 2.24) is 0 Å². The number of rotatable bonds is 22. The zero-order chi connectivity index (χ0) is 20.9. The first-order valence-corrected chi connectivity index (χ1v) is 12.1. The van der Waals surface area contributed by atoms with E-state index >= 15 is 0 Å². The monoisotopic (exact) mass is 400 g/mol. The Morgan fingerprint density at radius 1 is 0.571 bits per heavy atom. The summed E-state index contributed by atoms with van der Waals surface area (Å²) >= 11 is 0. The second-order valence-electron chi connectivity index (χ2n) is 8.56. The SMILES string of the molecule is CCCCCC(O)CCC(O)CCCCCCCCCCCCCCC(=O)O. The summed E-state index contributed by atoms with van der Waals surface area (Å²) in [4.78, 5) is 10.4. The molecule has 0 aromatic rings. The highest BCUT2D eigenvalue weighted by Gasteiger charge is 2.09. The van der Waals surface area contributed by atoms with Gasteiger partial charge in [-0.3, -0.25) is 4.79 Å². The fourth-order valence-electron chi connectivity index (χ4n) is 3.73. The first kappa shape index (κ1) is 27.4. The van der Waals surface area contributed by atoms with E-state index in [1.54, 1.807) is 0 Å². The van der Waals surface area contributed by atoms with Gasteiger partial charge in [-0.1, -0.05) is 96.8 Å². The molecule has 4 nitrogen and oxygen atoms in total. The summed E-state index contributed by atoms with van der Waals surface area (Å²) in [6.45, 7) is 2.17. The van der Waals surface area contributed by atoms with E-state index in [-0.39, 0.29) is 12.2 Å². The molecule has 2 unspecified atom stereocenters. The van der Waals surface area contributed by atoms with Gasteiger partial charge >= 0.3 is 5.97 Å². The van der Waals surface area contributed by atoms with Crippen molar-refractivity contribution in [3.63, 3.8) is 0 Å². The highest BCUT2D eigenvalue weighted by atomic mass is 16.4. The highest BCUT2D eigenvalue weighted by molar-refractivity contribution is 5.66. The van der Waals surface area contributed by atoms with Crippen molar-refractivity contribution in [3.8, 4) is 0 Å². The van der Waals surface area contributed by atoms with Crippen LogP contribution < -0.4 is 0 Å². The Balaban J connectivity index is 3.22. The van der Waals surface area contributed by atoms with Gasteiger partial charge in [-0.05, 0) is 32.1 Å². The third kappa shape index (κ3) is 21.7. The molecule has 0 aliphatic rings. The van der Waals surface area contributed by atoms with Crippen molar-refractivity contribution in [3.05, 3.63) is 0 Å². The number of unbranched alkanes of at least 4 members (excludes halogenated alkanes) is 13. The largest absolute Gasteiger partial charge is 0.481 e. The third-order valence-electron chi connectivity index (χ3n) is 5.65. The van der Waals surface area contributed by atoms with Crippen LogP contribution >= 0.6 is 0 Å². The second kappa shape index (κ2) is 21.1. The van der Waals surface area contributed by atoms with Crippen LogP contribution in [0.5, 0.6) is 0 Å². The molecule has 0 aliphatic carbocycles. The van der Waals surface area contributed by atoms with Gasteiger partial charge in [-0.2, -0.15) is 0 Å². The Hall–Kier alpha value is -0.610. The molecule has 0 aromatic carbocycles. The van der Waals surface area contributed by atoms with Crippen LogP contribution in [0.4, 0.5) is 0 Å². The fraction of sp³-hybridized carbons (Fsp3) is 0.958. The number of carbonyl (C=O) groups is 1. The number of hydrogen-bond donors (Lipinski definition) is 3. The standard InChI is InChI=1S/C24H48O4/c1-2-3-14-17-22(25)20-21-23(26)18-15-12-10-8-6-4-5-7-9-11-13-16-19-24(27)28/h22-23,25-26H,2-21H2,1H3,(H,27,28). The maximum atomic E-state index is 10.4. The Kier molecular flexibility index (Phi) is 20.6. The van der Waals surface area contributed by atoms with Crippen LogP contribution in [0.1, 0.15) is 135 Å². The van der Waals surface area contributed by atoms with Crippen molar-refractivity contribution >= 4 is 5.97 Å². The molecule has 0 bridgehead atoms. The lowest BCUT2D eigenvalue weighted by Gasteiger charge is -2.14. The van der Waals surface area contributed by atoms with Crippen molar-refractivity contribution < 1.29 is 20.1 Å². The van der Waals surface area contributed by atoms with Gasteiger partial charge in [0.2, 0.25) is 0 Å². The van der Waals surface area contributed by atoms with Crippen molar-refractivity contribution in [1.29, 1.82) is 0 Å². The van der Waals surface area contributed by atoms with Crippen LogP contribution in [0.15, 0.2) is 0 Å². The van der Waals surface area contributed by atoms with Gasteiger partial charge in [0, 0.05) is 6.42 Å². The van der Waals surface area contributed by atoms with Gasteiger partial charge in [0.05, 0.1) is 12.2 Å². The Morgan fingerprint density at radius 3 is 1.32 bits per heavy atom. The van der Waals surface area contributed by atoms with E-state index in [9.17, 15) is 15.0 Å². The minimum atomic E-state index is -0.675. The van der Waals surface area contributed by atoms with Crippen LogP contribution in [-0.4, -0.2) is 33.5 Å². The molecule has 0 aromatic heterocycles. The molecule has 2 atom stereocenters. The highest BCUT2D eigenvalue weighted by Crippen LogP contribution is 2.16. The Labute approximate surface area is 174 Å². The number of aliphatic hydroxyl groups excluding tert-OH is 2. The summed E-state index contributed by atoms with van der Waals surface area (Å²) in [6, 6.07) is 0. The molecule has 0 radical (unpaired) electrons. The smallest absolute Gasteiger partial charge is 0.303 e. The number of carboxylic acids is 1. The predicted molar refractivity (Wildman–Crippen MR) is 118 cm³/mol. The number of aliphatic hydroxyl groups is 2. The van der Waals surface area contributed by atoms with E-state index in [4.69, 9.17) is 5.11 Å². The molecular formula is C24H48O4. The zero-order valence-electron chi connectivity index (χ0n) is 18.5. The maximum absolute atomic E-state index is 10.4. The maximum Gasteiger partial charge on any atom is 0.303 e. The molecule has 0 spiro atoms. The van der Waals surface area contributed by atoms with Crippen LogP contribution in [-0.2, 0) is 4.79 Å². The zero-order valence-corrected chi connectivity index (χ0v) is 18.5. The molecule has 168 valence electrons. The van der Waals surface area contributed by atoms with Gasteiger partial charge in [-0.25, -0.2) is 0 Å². The van der Waals surface area contributed by atoms with Crippen molar-refractivity contribution in [2.24, 2.45) is 0 Å². The third-order valence-corrected chi connectivity index (χ3v) is 5.65. The van der Waals surface area contributed by atoms with E-state index in [0.29, 0.717) is 6.42 Å². The summed E-state index contributed by atoms with van der Waals surface area (Å²) in [7, 11) is 0. The van der Waals surface area contributed by atoms with Crippen LogP contribution in [0.3, 0.4) is 0 Å². The molecule has 0 heterocycles.